The Morgan fingerprint density at radius 2 is 2.00 bits per heavy atom. The maximum atomic E-state index is 6.13. The van der Waals surface area contributed by atoms with Gasteiger partial charge in [0.15, 0.2) is 0 Å². The van der Waals surface area contributed by atoms with Gasteiger partial charge in [0.1, 0.15) is 6.04 Å². The molecule has 0 amide bonds. The molecule has 1 aromatic carbocycles. The molecule has 0 aliphatic carbocycles. The van der Waals surface area contributed by atoms with Crippen molar-refractivity contribution < 1.29 is 4.52 Å². The van der Waals surface area contributed by atoms with Crippen molar-refractivity contribution in [3.63, 3.8) is 0 Å². The van der Waals surface area contributed by atoms with Crippen molar-refractivity contribution >= 4 is 17.5 Å². The summed E-state index contributed by atoms with van der Waals surface area (Å²) in [6.45, 7) is 1.95. The lowest BCUT2D eigenvalue weighted by atomic mass is 10.1. The number of halogens is 1. The largest absolute Gasteiger partial charge is 0.338 e. The van der Waals surface area contributed by atoms with E-state index in [1.807, 2.05) is 18.2 Å². The highest BCUT2D eigenvalue weighted by molar-refractivity contribution is 6.31. The van der Waals surface area contributed by atoms with E-state index in [4.69, 9.17) is 21.9 Å². The van der Waals surface area contributed by atoms with E-state index in [0.29, 0.717) is 16.9 Å². The van der Waals surface area contributed by atoms with Gasteiger partial charge in [-0.3, -0.25) is 0 Å². The molecular formula is C13H15ClN4O. The van der Waals surface area contributed by atoms with Crippen LogP contribution in [0.25, 0.3) is 0 Å². The Morgan fingerprint density at radius 1 is 1.26 bits per heavy atom. The van der Waals surface area contributed by atoms with Gasteiger partial charge in [0, 0.05) is 18.1 Å². The van der Waals surface area contributed by atoms with Crippen LogP contribution in [0, 0.1) is 0 Å². The number of hydrogen-bond acceptors (Lipinski definition) is 5. The Bertz CT molecular complexity index is 565. The SMILES string of the molecule is N[C@@H](c1nc(N2CCCC2)no1)c1ccccc1Cl. The normalized spacial score (nSPS) is 16.8. The third kappa shape index (κ3) is 2.43. The summed E-state index contributed by atoms with van der Waals surface area (Å²) in [4.78, 5) is 6.48. The number of anilines is 1. The van der Waals surface area contributed by atoms with Crippen LogP contribution in [0.3, 0.4) is 0 Å². The fraction of sp³-hybridized carbons (Fsp3) is 0.385. The van der Waals surface area contributed by atoms with Gasteiger partial charge in [-0.25, -0.2) is 0 Å². The van der Waals surface area contributed by atoms with Gasteiger partial charge in [0.2, 0.25) is 5.89 Å². The minimum absolute atomic E-state index is 0.398. The van der Waals surface area contributed by atoms with Crippen LogP contribution in [0.2, 0.25) is 5.02 Å². The Balaban J connectivity index is 1.84. The van der Waals surface area contributed by atoms with Crippen LogP contribution in [0.4, 0.5) is 5.95 Å². The van der Waals surface area contributed by atoms with Gasteiger partial charge in [-0.1, -0.05) is 29.8 Å². The fourth-order valence-corrected chi connectivity index (χ4v) is 2.51. The van der Waals surface area contributed by atoms with Gasteiger partial charge in [-0.15, -0.1) is 0 Å². The molecule has 6 heteroatoms. The molecule has 0 radical (unpaired) electrons. The van der Waals surface area contributed by atoms with Gasteiger partial charge in [-0.2, -0.15) is 4.98 Å². The van der Waals surface area contributed by atoms with Crippen molar-refractivity contribution in [3.8, 4) is 0 Å². The molecule has 1 aliphatic heterocycles. The summed E-state index contributed by atoms with van der Waals surface area (Å²) in [6, 6.07) is 6.93. The number of aromatic nitrogens is 2. The molecule has 0 bridgehead atoms. The van der Waals surface area contributed by atoms with Crippen molar-refractivity contribution in [2.75, 3.05) is 18.0 Å². The second-order valence-corrected chi connectivity index (χ2v) is 5.03. The second-order valence-electron chi connectivity index (χ2n) is 4.63. The van der Waals surface area contributed by atoms with Crippen molar-refractivity contribution in [2.45, 2.75) is 18.9 Å². The summed E-state index contributed by atoms with van der Waals surface area (Å²) in [5, 5.41) is 4.60. The summed E-state index contributed by atoms with van der Waals surface area (Å²) in [5.41, 5.74) is 6.92. The van der Waals surface area contributed by atoms with Crippen LogP contribution in [0.1, 0.15) is 30.3 Å². The molecule has 1 aromatic heterocycles. The van der Waals surface area contributed by atoms with Crippen LogP contribution < -0.4 is 10.6 Å². The number of benzene rings is 1. The van der Waals surface area contributed by atoms with E-state index in [2.05, 4.69) is 15.0 Å². The van der Waals surface area contributed by atoms with Gasteiger partial charge < -0.3 is 15.2 Å². The first kappa shape index (κ1) is 12.4. The van der Waals surface area contributed by atoms with E-state index in [0.717, 1.165) is 18.7 Å². The molecule has 19 heavy (non-hydrogen) atoms. The van der Waals surface area contributed by atoms with Crippen LogP contribution >= 0.6 is 11.6 Å². The molecule has 1 atom stereocenters. The summed E-state index contributed by atoms with van der Waals surface area (Å²) < 4.78 is 5.26. The van der Waals surface area contributed by atoms with E-state index in [1.54, 1.807) is 6.07 Å². The predicted octanol–water partition coefficient (Wildman–Crippen LogP) is 2.37. The minimum atomic E-state index is -0.488. The van der Waals surface area contributed by atoms with Gasteiger partial charge >= 0.3 is 0 Å². The van der Waals surface area contributed by atoms with E-state index in [9.17, 15) is 0 Å². The zero-order chi connectivity index (χ0) is 13.2. The molecule has 2 N–H and O–H groups in total. The van der Waals surface area contributed by atoms with Crippen molar-refractivity contribution in [3.05, 3.63) is 40.7 Å². The molecule has 1 fully saturated rings. The lowest BCUT2D eigenvalue weighted by Crippen LogP contribution is -2.19. The number of nitrogens with zero attached hydrogens (tertiary/aromatic N) is 3. The molecule has 0 spiro atoms. The highest BCUT2D eigenvalue weighted by Gasteiger charge is 2.22. The average Bonchev–Trinajstić information content (AvgIpc) is 3.09. The molecule has 3 rings (SSSR count). The third-order valence-corrected chi connectivity index (χ3v) is 3.67. The Morgan fingerprint density at radius 3 is 2.74 bits per heavy atom. The van der Waals surface area contributed by atoms with Crippen molar-refractivity contribution in [1.82, 2.24) is 10.1 Å². The standard InChI is InChI=1S/C13H15ClN4O/c14-10-6-2-1-5-9(10)11(15)12-16-13(17-19-12)18-7-3-4-8-18/h1-2,5-6,11H,3-4,7-8,15H2/t11-/m1/s1. The average molecular weight is 279 g/mol. The van der Waals surface area contributed by atoms with Crippen LogP contribution in [-0.4, -0.2) is 23.2 Å². The van der Waals surface area contributed by atoms with Crippen LogP contribution in [0.5, 0.6) is 0 Å². The molecule has 2 aromatic rings. The summed E-state index contributed by atoms with van der Waals surface area (Å²) >= 11 is 6.12. The Hall–Kier alpha value is -1.59. The number of hydrogen-bond donors (Lipinski definition) is 1. The van der Waals surface area contributed by atoms with Gasteiger partial charge in [0.05, 0.1) is 0 Å². The first-order valence-electron chi connectivity index (χ1n) is 6.34. The summed E-state index contributed by atoms with van der Waals surface area (Å²) in [6.07, 6.45) is 2.33. The zero-order valence-corrected chi connectivity index (χ0v) is 11.2. The monoisotopic (exact) mass is 278 g/mol. The van der Waals surface area contributed by atoms with Crippen LogP contribution in [-0.2, 0) is 0 Å². The minimum Gasteiger partial charge on any atom is -0.338 e. The maximum Gasteiger partial charge on any atom is 0.266 e. The lowest BCUT2D eigenvalue weighted by molar-refractivity contribution is 0.366. The Kier molecular flexibility index (Phi) is 3.40. The van der Waals surface area contributed by atoms with E-state index in [1.165, 1.54) is 12.8 Å². The quantitative estimate of drug-likeness (QED) is 0.933. The summed E-state index contributed by atoms with van der Waals surface area (Å²) in [5.74, 6) is 1.02. The van der Waals surface area contributed by atoms with E-state index < -0.39 is 6.04 Å². The smallest absolute Gasteiger partial charge is 0.266 e. The predicted molar refractivity (Wildman–Crippen MR) is 73.2 cm³/mol. The molecular weight excluding hydrogens is 264 g/mol. The molecule has 5 nitrogen and oxygen atoms in total. The number of rotatable bonds is 3. The first-order chi connectivity index (χ1) is 9.25. The van der Waals surface area contributed by atoms with Crippen LogP contribution in [0.15, 0.2) is 28.8 Å². The first-order valence-corrected chi connectivity index (χ1v) is 6.72. The van der Waals surface area contributed by atoms with E-state index >= 15 is 0 Å². The molecule has 0 unspecified atom stereocenters. The zero-order valence-electron chi connectivity index (χ0n) is 10.4. The highest BCUT2D eigenvalue weighted by Crippen LogP contribution is 2.26. The number of nitrogens with two attached hydrogens (primary N) is 1. The van der Waals surface area contributed by atoms with Gasteiger partial charge in [0.25, 0.3) is 5.95 Å². The molecule has 1 saturated heterocycles. The highest BCUT2D eigenvalue weighted by atomic mass is 35.5. The Labute approximate surface area is 116 Å². The molecule has 1 aliphatic rings. The van der Waals surface area contributed by atoms with Crippen molar-refractivity contribution in [2.24, 2.45) is 5.73 Å². The summed E-state index contributed by atoms with van der Waals surface area (Å²) in [7, 11) is 0. The van der Waals surface area contributed by atoms with Gasteiger partial charge in [-0.05, 0) is 29.6 Å². The molecule has 2 heterocycles. The van der Waals surface area contributed by atoms with Crippen molar-refractivity contribution in [1.29, 1.82) is 0 Å². The molecule has 0 saturated carbocycles. The lowest BCUT2D eigenvalue weighted by Gasteiger charge is -2.10. The topological polar surface area (TPSA) is 68.2 Å². The maximum absolute atomic E-state index is 6.13. The third-order valence-electron chi connectivity index (χ3n) is 3.33. The second kappa shape index (κ2) is 5.19. The molecule has 100 valence electrons. The fourth-order valence-electron chi connectivity index (χ4n) is 2.26. The van der Waals surface area contributed by atoms with E-state index in [-0.39, 0.29) is 0 Å².